The molecule has 0 bridgehead atoms. The van der Waals surface area contributed by atoms with Gasteiger partial charge in [0.1, 0.15) is 0 Å². The molecular formula is C17H21BrN2S. The maximum atomic E-state index is 3.71. The summed E-state index contributed by atoms with van der Waals surface area (Å²) in [4.78, 5) is 3.93. The number of nitrogens with zero attached hydrogens (tertiary/aromatic N) is 1. The van der Waals surface area contributed by atoms with E-state index in [9.17, 15) is 0 Å². The summed E-state index contributed by atoms with van der Waals surface area (Å²) in [7, 11) is 0. The number of hydrogen-bond acceptors (Lipinski definition) is 3. The average molecular weight is 365 g/mol. The standard InChI is InChI=1S/C17H21BrN2S/c1-12(2)16-10-20(9-15-7-14(18)11-21-15)17-6-4-3-5-13(17)8-19-16/h3-7,11-12,16,19H,8-10H2,1-2H3. The zero-order chi connectivity index (χ0) is 14.8. The minimum absolute atomic E-state index is 0.529. The van der Waals surface area contributed by atoms with Crippen LogP contribution in [0.1, 0.15) is 24.3 Å². The van der Waals surface area contributed by atoms with Crippen molar-refractivity contribution in [3.63, 3.8) is 0 Å². The molecule has 2 nitrogen and oxygen atoms in total. The van der Waals surface area contributed by atoms with E-state index in [-0.39, 0.29) is 0 Å². The Balaban J connectivity index is 1.89. The minimum Gasteiger partial charge on any atom is -0.365 e. The third-order valence-corrected chi connectivity index (χ3v) is 5.76. The van der Waals surface area contributed by atoms with Gasteiger partial charge in [0.25, 0.3) is 0 Å². The van der Waals surface area contributed by atoms with E-state index in [1.54, 1.807) is 0 Å². The summed E-state index contributed by atoms with van der Waals surface area (Å²) < 4.78 is 1.18. The van der Waals surface area contributed by atoms with E-state index < -0.39 is 0 Å². The number of benzene rings is 1. The molecule has 0 saturated carbocycles. The van der Waals surface area contributed by atoms with Gasteiger partial charge in [-0.2, -0.15) is 0 Å². The first kappa shape index (κ1) is 15.1. The fraction of sp³-hybridized carbons (Fsp3) is 0.412. The molecule has 2 aromatic rings. The number of fused-ring (bicyclic) bond motifs is 1. The molecule has 1 atom stereocenters. The molecule has 0 aliphatic carbocycles. The van der Waals surface area contributed by atoms with Gasteiger partial charge in [0, 0.05) is 39.5 Å². The molecule has 21 heavy (non-hydrogen) atoms. The number of para-hydroxylation sites is 1. The Labute approximate surface area is 139 Å². The molecule has 1 N–H and O–H groups in total. The minimum atomic E-state index is 0.529. The number of rotatable bonds is 3. The fourth-order valence-electron chi connectivity index (χ4n) is 2.83. The van der Waals surface area contributed by atoms with Gasteiger partial charge in [-0.3, -0.25) is 0 Å². The van der Waals surface area contributed by atoms with Gasteiger partial charge in [-0.15, -0.1) is 11.3 Å². The number of nitrogens with one attached hydrogen (secondary N) is 1. The van der Waals surface area contributed by atoms with Crippen molar-refractivity contribution in [1.29, 1.82) is 0 Å². The van der Waals surface area contributed by atoms with Crippen LogP contribution in [-0.2, 0) is 13.1 Å². The van der Waals surface area contributed by atoms with Gasteiger partial charge in [-0.1, -0.05) is 32.0 Å². The van der Waals surface area contributed by atoms with Crippen molar-refractivity contribution in [2.45, 2.75) is 33.0 Å². The number of thiophene rings is 1. The van der Waals surface area contributed by atoms with Crippen molar-refractivity contribution in [2.24, 2.45) is 5.92 Å². The Bertz CT molecular complexity index is 608. The lowest BCUT2D eigenvalue weighted by Crippen LogP contribution is -2.41. The second-order valence-electron chi connectivity index (χ2n) is 5.97. The van der Waals surface area contributed by atoms with Crippen LogP contribution in [0.2, 0.25) is 0 Å². The lowest BCUT2D eigenvalue weighted by atomic mass is 10.0. The van der Waals surface area contributed by atoms with Crippen LogP contribution in [0.25, 0.3) is 0 Å². The topological polar surface area (TPSA) is 15.3 Å². The molecule has 2 heterocycles. The molecule has 0 saturated heterocycles. The second-order valence-corrected chi connectivity index (χ2v) is 7.88. The van der Waals surface area contributed by atoms with Crippen molar-refractivity contribution in [3.8, 4) is 0 Å². The molecule has 1 aromatic heterocycles. The molecule has 1 aromatic carbocycles. The Hall–Kier alpha value is -0.840. The Kier molecular flexibility index (Phi) is 4.67. The summed E-state index contributed by atoms with van der Waals surface area (Å²) in [6, 6.07) is 11.5. The highest BCUT2D eigenvalue weighted by molar-refractivity contribution is 9.10. The lowest BCUT2D eigenvalue weighted by molar-refractivity contribution is 0.403. The van der Waals surface area contributed by atoms with Gasteiger partial charge in [-0.05, 0) is 39.5 Å². The molecule has 0 spiro atoms. The quantitative estimate of drug-likeness (QED) is 0.852. The molecular weight excluding hydrogens is 344 g/mol. The summed E-state index contributed by atoms with van der Waals surface area (Å²) in [6.45, 7) is 7.60. The normalized spacial score (nSPS) is 18.7. The third kappa shape index (κ3) is 3.50. The van der Waals surface area contributed by atoms with E-state index in [0.717, 1.165) is 19.6 Å². The summed E-state index contributed by atoms with van der Waals surface area (Å²) >= 11 is 5.38. The summed E-state index contributed by atoms with van der Waals surface area (Å²) in [6.07, 6.45) is 0. The van der Waals surface area contributed by atoms with Crippen LogP contribution >= 0.6 is 27.3 Å². The van der Waals surface area contributed by atoms with Gasteiger partial charge < -0.3 is 10.2 Å². The molecule has 1 unspecified atom stereocenters. The van der Waals surface area contributed by atoms with E-state index >= 15 is 0 Å². The predicted molar refractivity (Wildman–Crippen MR) is 95.0 cm³/mol. The van der Waals surface area contributed by atoms with Gasteiger partial charge in [0.2, 0.25) is 0 Å². The van der Waals surface area contributed by atoms with Gasteiger partial charge in [0.05, 0.1) is 6.54 Å². The fourth-order valence-corrected chi connectivity index (χ4v) is 4.30. The SMILES string of the molecule is CC(C)C1CN(Cc2cc(Br)cs2)c2ccccc2CN1. The van der Waals surface area contributed by atoms with Crippen LogP contribution in [0.15, 0.2) is 40.2 Å². The first-order valence-electron chi connectivity index (χ1n) is 7.42. The molecule has 3 rings (SSSR count). The summed E-state index contributed by atoms with van der Waals surface area (Å²) in [5, 5.41) is 5.87. The van der Waals surface area contributed by atoms with E-state index in [1.807, 2.05) is 11.3 Å². The molecule has 112 valence electrons. The van der Waals surface area contributed by atoms with Crippen LogP contribution in [0.4, 0.5) is 5.69 Å². The molecule has 0 radical (unpaired) electrons. The highest BCUT2D eigenvalue weighted by Gasteiger charge is 2.23. The number of hydrogen-bond donors (Lipinski definition) is 1. The summed E-state index contributed by atoms with van der Waals surface area (Å²) in [5.74, 6) is 0.636. The summed E-state index contributed by atoms with van der Waals surface area (Å²) in [5.41, 5.74) is 2.77. The smallest absolute Gasteiger partial charge is 0.0524 e. The number of anilines is 1. The van der Waals surface area contributed by atoms with Crippen LogP contribution in [0.5, 0.6) is 0 Å². The van der Waals surface area contributed by atoms with Crippen LogP contribution < -0.4 is 10.2 Å². The van der Waals surface area contributed by atoms with Crippen LogP contribution in [0, 0.1) is 5.92 Å². The van der Waals surface area contributed by atoms with Crippen molar-refractivity contribution >= 4 is 33.0 Å². The van der Waals surface area contributed by atoms with Crippen molar-refractivity contribution < 1.29 is 0 Å². The van der Waals surface area contributed by atoms with Crippen molar-refractivity contribution in [2.75, 3.05) is 11.4 Å². The molecule has 1 aliphatic heterocycles. The average Bonchev–Trinajstić information content (AvgIpc) is 2.78. The van der Waals surface area contributed by atoms with E-state index in [0.29, 0.717) is 12.0 Å². The highest BCUT2D eigenvalue weighted by atomic mass is 79.9. The predicted octanol–water partition coefficient (Wildman–Crippen LogP) is 4.65. The van der Waals surface area contributed by atoms with Gasteiger partial charge in [0.15, 0.2) is 0 Å². The lowest BCUT2D eigenvalue weighted by Gasteiger charge is -2.29. The zero-order valence-electron chi connectivity index (χ0n) is 12.5. The van der Waals surface area contributed by atoms with Crippen molar-refractivity contribution in [1.82, 2.24) is 5.32 Å². The maximum Gasteiger partial charge on any atom is 0.0524 e. The molecule has 4 heteroatoms. The first-order chi connectivity index (χ1) is 10.1. The first-order valence-corrected chi connectivity index (χ1v) is 9.10. The van der Waals surface area contributed by atoms with Gasteiger partial charge in [-0.25, -0.2) is 0 Å². The van der Waals surface area contributed by atoms with E-state index in [2.05, 4.69) is 75.7 Å². The van der Waals surface area contributed by atoms with Gasteiger partial charge >= 0.3 is 0 Å². The van der Waals surface area contributed by atoms with E-state index in [4.69, 9.17) is 0 Å². The Morgan fingerprint density at radius 2 is 2.19 bits per heavy atom. The Morgan fingerprint density at radius 3 is 2.90 bits per heavy atom. The molecule has 0 fully saturated rings. The third-order valence-electron chi connectivity index (χ3n) is 4.08. The van der Waals surface area contributed by atoms with Crippen molar-refractivity contribution in [3.05, 3.63) is 50.6 Å². The largest absolute Gasteiger partial charge is 0.365 e. The zero-order valence-corrected chi connectivity index (χ0v) is 14.9. The highest BCUT2D eigenvalue weighted by Crippen LogP contribution is 2.29. The van der Waals surface area contributed by atoms with Crippen LogP contribution in [-0.4, -0.2) is 12.6 Å². The van der Waals surface area contributed by atoms with E-state index in [1.165, 1.54) is 20.6 Å². The van der Waals surface area contributed by atoms with Crippen LogP contribution in [0.3, 0.4) is 0 Å². The maximum absolute atomic E-state index is 3.71. The Morgan fingerprint density at radius 1 is 1.38 bits per heavy atom. The second kappa shape index (κ2) is 6.51. The number of halogens is 1. The molecule has 1 aliphatic rings. The monoisotopic (exact) mass is 364 g/mol. The molecule has 0 amide bonds.